The molecule has 4 nitrogen and oxygen atoms in total. The van der Waals surface area contributed by atoms with Crippen molar-refractivity contribution in [2.45, 2.75) is 0 Å². The van der Waals surface area contributed by atoms with E-state index in [0.29, 0.717) is 12.4 Å². The maximum atomic E-state index is 11.6. The number of rotatable bonds is 3. The molecule has 1 amide bonds. The van der Waals surface area contributed by atoms with Crippen LogP contribution in [0.2, 0.25) is 0 Å². The van der Waals surface area contributed by atoms with Crippen molar-refractivity contribution in [3.8, 4) is 0 Å². The average molecular weight is 193 g/mol. The molecule has 1 heterocycles. The van der Waals surface area contributed by atoms with Gasteiger partial charge >= 0.3 is 0 Å². The van der Waals surface area contributed by atoms with Gasteiger partial charge in [0.2, 0.25) is 5.91 Å². The zero-order chi connectivity index (χ0) is 10.6. The van der Waals surface area contributed by atoms with Gasteiger partial charge in [-0.25, -0.2) is 4.98 Å². The molecule has 0 aliphatic carbocycles. The van der Waals surface area contributed by atoms with Crippen molar-refractivity contribution < 1.29 is 4.79 Å². The van der Waals surface area contributed by atoms with E-state index in [1.165, 1.54) is 0 Å². The van der Waals surface area contributed by atoms with Gasteiger partial charge in [-0.15, -0.1) is 0 Å². The fraction of sp³-hybridized carbons (Fsp3) is 0.400. The number of pyridine rings is 1. The first kappa shape index (κ1) is 10.7. The highest BCUT2D eigenvalue weighted by molar-refractivity contribution is 5.93. The highest BCUT2D eigenvalue weighted by Crippen LogP contribution is 2.06. The molecule has 0 aliphatic heterocycles. The predicted molar refractivity (Wildman–Crippen MR) is 56.2 cm³/mol. The molecule has 1 aromatic heterocycles. The van der Waals surface area contributed by atoms with E-state index in [0.717, 1.165) is 0 Å². The monoisotopic (exact) mass is 193 g/mol. The van der Waals surface area contributed by atoms with Crippen LogP contribution >= 0.6 is 0 Å². The lowest BCUT2D eigenvalue weighted by atomic mass is 10.4. The number of anilines is 1. The fourth-order valence-electron chi connectivity index (χ4n) is 1.06. The molecule has 76 valence electrons. The summed E-state index contributed by atoms with van der Waals surface area (Å²) < 4.78 is 0. The maximum absolute atomic E-state index is 11.6. The summed E-state index contributed by atoms with van der Waals surface area (Å²) in [5, 5.41) is 0. The first-order valence-corrected chi connectivity index (χ1v) is 4.43. The summed E-state index contributed by atoms with van der Waals surface area (Å²) in [7, 11) is 5.46. The van der Waals surface area contributed by atoms with Crippen LogP contribution in [0.1, 0.15) is 0 Å². The van der Waals surface area contributed by atoms with Crippen LogP contribution in [0.3, 0.4) is 0 Å². The molecular weight excluding hydrogens is 178 g/mol. The van der Waals surface area contributed by atoms with Crippen molar-refractivity contribution in [1.82, 2.24) is 9.88 Å². The van der Waals surface area contributed by atoms with Gasteiger partial charge in [0.15, 0.2) is 0 Å². The Bertz CT molecular complexity index is 297. The quantitative estimate of drug-likeness (QED) is 0.705. The van der Waals surface area contributed by atoms with Gasteiger partial charge in [0.05, 0.1) is 6.54 Å². The van der Waals surface area contributed by atoms with E-state index in [-0.39, 0.29) is 5.91 Å². The Balaban J connectivity index is 2.66. The number of hydrogen-bond acceptors (Lipinski definition) is 3. The van der Waals surface area contributed by atoms with Crippen molar-refractivity contribution in [3.63, 3.8) is 0 Å². The molecule has 0 saturated heterocycles. The molecule has 1 rings (SSSR count). The summed E-state index contributed by atoms with van der Waals surface area (Å²) in [4.78, 5) is 19.1. The molecule has 0 atom stereocenters. The summed E-state index contributed by atoms with van der Waals surface area (Å²) >= 11 is 0. The van der Waals surface area contributed by atoms with E-state index in [1.54, 1.807) is 18.1 Å². The van der Waals surface area contributed by atoms with Gasteiger partial charge in [0, 0.05) is 13.2 Å². The molecule has 0 radical (unpaired) electrons. The van der Waals surface area contributed by atoms with Crippen molar-refractivity contribution in [3.05, 3.63) is 24.4 Å². The van der Waals surface area contributed by atoms with Crippen LogP contribution < -0.4 is 4.90 Å². The number of aromatic nitrogens is 1. The molecule has 0 saturated carbocycles. The Kier molecular flexibility index (Phi) is 3.59. The minimum Gasteiger partial charge on any atom is -0.301 e. The van der Waals surface area contributed by atoms with Crippen LogP contribution in [0.15, 0.2) is 24.4 Å². The third kappa shape index (κ3) is 2.81. The van der Waals surface area contributed by atoms with Gasteiger partial charge in [-0.2, -0.15) is 0 Å². The first-order valence-electron chi connectivity index (χ1n) is 4.43. The third-order valence-electron chi connectivity index (χ3n) is 1.82. The summed E-state index contributed by atoms with van der Waals surface area (Å²) in [6.45, 7) is 0.396. The van der Waals surface area contributed by atoms with Crippen LogP contribution in [-0.2, 0) is 4.79 Å². The molecule has 0 bridgehead atoms. The van der Waals surface area contributed by atoms with Crippen LogP contribution in [0.5, 0.6) is 0 Å². The molecule has 0 unspecified atom stereocenters. The number of hydrogen-bond donors (Lipinski definition) is 0. The summed E-state index contributed by atoms with van der Waals surface area (Å²) in [6, 6.07) is 5.50. The zero-order valence-electron chi connectivity index (χ0n) is 8.77. The lowest BCUT2D eigenvalue weighted by Gasteiger charge is -2.18. The lowest BCUT2D eigenvalue weighted by molar-refractivity contribution is -0.118. The van der Waals surface area contributed by atoms with Crippen LogP contribution in [0, 0.1) is 0 Å². The molecule has 1 aromatic rings. The Labute approximate surface area is 84.2 Å². The second-order valence-corrected chi connectivity index (χ2v) is 3.38. The minimum absolute atomic E-state index is 0.0358. The Hall–Kier alpha value is -1.42. The topological polar surface area (TPSA) is 36.4 Å². The molecule has 4 heteroatoms. The van der Waals surface area contributed by atoms with Crippen LogP contribution in [0.4, 0.5) is 5.82 Å². The van der Waals surface area contributed by atoms with Crippen LogP contribution in [-0.4, -0.2) is 43.5 Å². The zero-order valence-corrected chi connectivity index (χ0v) is 8.77. The summed E-state index contributed by atoms with van der Waals surface area (Å²) in [5.74, 6) is 0.716. The number of amides is 1. The Morgan fingerprint density at radius 3 is 2.57 bits per heavy atom. The molecule has 0 spiro atoms. The van der Waals surface area contributed by atoms with Gasteiger partial charge in [-0.3, -0.25) is 9.69 Å². The fourth-order valence-corrected chi connectivity index (χ4v) is 1.06. The highest BCUT2D eigenvalue weighted by Gasteiger charge is 2.11. The number of carbonyl (C=O) groups excluding carboxylic acids is 1. The third-order valence-corrected chi connectivity index (χ3v) is 1.82. The van der Waals surface area contributed by atoms with Gasteiger partial charge in [0.1, 0.15) is 5.82 Å². The average Bonchev–Trinajstić information content (AvgIpc) is 2.17. The molecule has 0 aromatic carbocycles. The number of nitrogens with zero attached hydrogens (tertiary/aromatic N) is 3. The summed E-state index contributed by atoms with van der Waals surface area (Å²) in [6.07, 6.45) is 1.68. The molecule has 0 N–H and O–H groups in total. The van der Waals surface area contributed by atoms with Crippen molar-refractivity contribution in [2.75, 3.05) is 32.6 Å². The smallest absolute Gasteiger partial charge is 0.242 e. The van der Waals surface area contributed by atoms with Crippen LogP contribution in [0.25, 0.3) is 0 Å². The molecule has 14 heavy (non-hydrogen) atoms. The van der Waals surface area contributed by atoms with E-state index in [2.05, 4.69) is 4.98 Å². The van der Waals surface area contributed by atoms with E-state index in [4.69, 9.17) is 0 Å². The van der Waals surface area contributed by atoms with E-state index >= 15 is 0 Å². The summed E-state index contributed by atoms with van der Waals surface area (Å²) in [5.41, 5.74) is 0. The highest BCUT2D eigenvalue weighted by atomic mass is 16.2. The minimum atomic E-state index is 0.0358. The standard InChI is InChI=1S/C10H15N3O/c1-12(2)8-10(14)13(3)9-6-4-5-7-11-9/h4-7H,8H2,1-3H3. The Morgan fingerprint density at radius 2 is 2.07 bits per heavy atom. The van der Waals surface area contributed by atoms with Gasteiger partial charge in [-0.1, -0.05) is 6.07 Å². The van der Waals surface area contributed by atoms with Crippen molar-refractivity contribution >= 4 is 11.7 Å². The van der Waals surface area contributed by atoms with E-state index in [1.807, 2.05) is 37.2 Å². The second-order valence-electron chi connectivity index (χ2n) is 3.38. The maximum Gasteiger partial charge on any atom is 0.242 e. The van der Waals surface area contributed by atoms with Gasteiger partial charge in [-0.05, 0) is 26.2 Å². The lowest BCUT2D eigenvalue weighted by Crippen LogP contribution is -2.35. The van der Waals surface area contributed by atoms with E-state index in [9.17, 15) is 4.79 Å². The second kappa shape index (κ2) is 4.72. The number of carbonyl (C=O) groups is 1. The Morgan fingerprint density at radius 1 is 1.36 bits per heavy atom. The SMILES string of the molecule is CN(C)CC(=O)N(C)c1ccccn1. The van der Waals surface area contributed by atoms with Crippen molar-refractivity contribution in [1.29, 1.82) is 0 Å². The van der Waals surface area contributed by atoms with Gasteiger partial charge < -0.3 is 4.90 Å². The normalized spacial score (nSPS) is 10.3. The molecule has 0 fully saturated rings. The predicted octanol–water partition coefficient (Wildman–Crippen LogP) is 0.606. The largest absolute Gasteiger partial charge is 0.301 e. The molecule has 0 aliphatic rings. The van der Waals surface area contributed by atoms with Gasteiger partial charge in [0.25, 0.3) is 0 Å². The first-order chi connectivity index (χ1) is 6.61. The van der Waals surface area contributed by atoms with E-state index < -0.39 is 0 Å². The van der Waals surface area contributed by atoms with Crippen molar-refractivity contribution in [2.24, 2.45) is 0 Å². The number of likely N-dealkylation sites (N-methyl/N-ethyl adjacent to an activating group) is 2. The molecular formula is C10H15N3O.